The largest absolute Gasteiger partial charge is 0.330 e. The third-order valence-corrected chi connectivity index (χ3v) is 8.35. The molecule has 1 spiro atoms. The number of benzene rings is 2. The van der Waals surface area contributed by atoms with Crippen LogP contribution in [0.2, 0.25) is 0 Å². The third-order valence-electron chi connectivity index (χ3n) is 8.35. The van der Waals surface area contributed by atoms with E-state index in [1.807, 2.05) is 61.1 Å². The summed E-state index contributed by atoms with van der Waals surface area (Å²) in [6.45, 7) is 12.0. The molecule has 2 fully saturated rings. The first kappa shape index (κ1) is 25.1. The van der Waals surface area contributed by atoms with E-state index in [0.717, 1.165) is 35.0 Å². The Morgan fingerprint density at radius 1 is 1.23 bits per heavy atom. The number of carbonyl (C=O) groups is 3. The molecule has 0 bridgehead atoms. The van der Waals surface area contributed by atoms with E-state index in [1.54, 1.807) is 13.1 Å². The summed E-state index contributed by atoms with van der Waals surface area (Å²) in [6, 6.07) is 12.6. The fourth-order valence-corrected chi connectivity index (χ4v) is 6.07. The Morgan fingerprint density at radius 3 is 2.72 bits per heavy atom. The van der Waals surface area contributed by atoms with Crippen molar-refractivity contribution in [2.75, 3.05) is 18.9 Å². The molecule has 3 amide bonds. The molecule has 1 aliphatic carbocycles. The Bertz CT molecular complexity index is 1530. The van der Waals surface area contributed by atoms with Gasteiger partial charge in [-0.15, -0.1) is 0 Å². The number of rotatable bonds is 6. The molecule has 3 atom stereocenters. The molecule has 9 heteroatoms. The lowest BCUT2D eigenvalue weighted by molar-refractivity contribution is -0.136. The maximum atomic E-state index is 14.1. The Morgan fingerprint density at radius 2 is 2.00 bits per heavy atom. The number of carbonyl (C=O) groups excluding carboxylic acids is 3. The molecule has 39 heavy (non-hydrogen) atoms. The molecule has 3 heterocycles. The van der Waals surface area contributed by atoms with Crippen LogP contribution < -0.4 is 5.32 Å². The molecule has 3 aromatic rings. The van der Waals surface area contributed by atoms with Gasteiger partial charge in [-0.2, -0.15) is 5.10 Å². The van der Waals surface area contributed by atoms with E-state index in [1.165, 1.54) is 9.80 Å². The van der Waals surface area contributed by atoms with Crippen molar-refractivity contribution in [2.24, 2.45) is 5.92 Å². The average molecular weight is 525 g/mol. The van der Waals surface area contributed by atoms with Crippen LogP contribution in [0.15, 0.2) is 48.7 Å². The highest BCUT2D eigenvalue weighted by Crippen LogP contribution is 2.47. The van der Waals surface area contributed by atoms with Crippen LogP contribution in [0.1, 0.15) is 61.5 Å². The minimum absolute atomic E-state index is 0.116. The zero-order valence-electron chi connectivity index (χ0n) is 22.4. The first-order chi connectivity index (χ1) is 18.7. The zero-order chi connectivity index (χ0) is 27.5. The van der Waals surface area contributed by atoms with Crippen LogP contribution in [0, 0.1) is 12.5 Å². The Hall–Kier alpha value is -4.19. The van der Waals surface area contributed by atoms with Crippen molar-refractivity contribution in [3.05, 3.63) is 71.2 Å². The van der Waals surface area contributed by atoms with Gasteiger partial charge in [0.1, 0.15) is 11.5 Å². The standard InChI is InChI=1S/C30H32N6O3/c1-18(2)13-25(34(4)27(37)19-9-12-23-20(14-19)16-36(33-23)21-10-11-21)28(38)35-17-30(15-26(35)31-3)22-7-5-6-8-24(22)32-29(30)39/h5-9,12,14,16,18,21,25-26H,10-11,13,15,17H2,1-2,4H3,(H,32,39)/t25-,26-,30-/m0/s1. The van der Waals surface area contributed by atoms with Gasteiger partial charge < -0.3 is 10.2 Å². The fourth-order valence-electron chi connectivity index (χ4n) is 6.07. The van der Waals surface area contributed by atoms with Gasteiger partial charge in [0.2, 0.25) is 5.91 Å². The van der Waals surface area contributed by atoms with E-state index in [9.17, 15) is 14.4 Å². The van der Waals surface area contributed by atoms with Crippen LogP contribution in [0.5, 0.6) is 0 Å². The number of nitrogens with one attached hydrogen (secondary N) is 1. The molecule has 200 valence electrons. The lowest BCUT2D eigenvalue weighted by Crippen LogP contribution is -2.51. The van der Waals surface area contributed by atoms with Crippen molar-refractivity contribution in [2.45, 2.75) is 63.2 Å². The lowest BCUT2D eigenvalue weighted by atomic mass is 9.80. The van der Waals surface area contributed by atoms with Crippen molar-refractivity contribution < 1.29 is 14.4 Å². The molecule has 0 unspecified atom stereocenters. The molecule has 2 aliphatic heterocycles. The quantitative estimate of drug-likeness (QED) is 0.489. The van der Waals surface area contributed by atoms with Gasteiger partial charge in [0, 0.05) is 36.4 Å². The van der Waals surface area contributed by atoms with E-state index in [4.69, 9.17) is 6.57 Å². The van der Waals surface area contributed by atoms with Gasteiger partial charge in [-0.3, -0.25) is 28.8 Å². The number of fused-ring (bicyclic) bond motifs is 3. The molecular weight excluding hydrogens is 492 g/mol. The van der Waals surface area contributed by atoms with Gasteiger partial charge in [0.15, 0.2) is 0 Å². The van der Waals surface area contributed by atoms with Crippen LogP contribution in [0.25, 0.3) is 15.7 Å². The maximum Gasteiger partial charge on any atom is 0.302 e. The number of nitrogens with zero attached hydrogens (tertiary/aromatic N) is 5. The number of aromatic nitrogens is 2. The van der Waals surface area contributed by atoms with E-state index >= 15 is 0 Å². The second-order valence-corrected chi connectivity index (χ2v) is 11.5. The molecule has 2 aromatic carbocycles. The summed E-state index contributed by atoms with van der Waals surface area (Å²) in [5.41, 5.74) is 1.92. The summed E-state index contributed by atoms with van der Waals surface area (Å²) in [5.74, 6) is -0.603. The first-order valence-electron chi connectivity index (χ1n) is 13.6. The van der Waals surface area contributed by atoms with Gasteiger partial charge in [-0.1, -0.05) is 32.0 Å². The normalized spacial score (nSPS) is 22.7. The highest BCUT2D eigenvalue weighted by molar-refractivity contribution is 6.07. The van der Waals surface area contributed by atoms with Crippen LogP contribution in [0.3, 0.4) is 0 Å². The van der Waals surface area contributed by atoms with E-state index in [0.29, 0.717) is 18.0 Å². The van der Waals surface area contributed by atoms with Crippen molar-refractivity contribution in [3.63, 3.8) is 0 Å². The molecular formula is C30H32N6O3. The summed E-state index contributed by atoms with van der Waals surface area (Å²) in [5, 5.41) is 8.45. The Balaban J connectivity index is 1.29. The van der Waals surface area contributed by atoms with Gasteiger partial charge in [-0.25, -0.2) is 6.57 Å². The summed E-state index contributed by atoms with van der Waals surface area (Å²) in [4.78, 5) is 47.8. The van der Waals surface area contributed by atoms with Crippen molar-refractivity contribution in [1.82, 2.24) is 19.6 Å². The average Bonchev–Trinajstić information content (AvgIpc) is 3.48. The third kappa shape index (κ3) is 4.15. The predicted octanol–water partition coefficient (Wildman–Crippen LogP) is 4.23. The second-order valence-electron chi connectivity index (χ2n) is 11.5. The minimum Gasteiger partial charge on any atom is -0.330 e. The number of likely N-dealkylation sites (N-methyl/N-ethyl adjacent to an activating group) is 1. The van der Waals surface area contributed by atoms with Gasteiger partial charge in [0.05, 0.1) is 18.0 Å². The van der Waals surface area contributed by atoms with Gasteiger partial charge in [0.25, 0.3) is 11.8 Å². The molecule has 9 nitrogen and oxygen atoms in total. The number of likely N-dealkylation sites (tertiary alicyclic amines) is 1. The number of anilines is 1. The predicted molar refractivity (Wildman–Crippen MR) is 147 cm³/mol. The van der Waals surface area contributed by atoms with Crippen LogP contribution in [-0.4, -0.2) is 63.1 Å². The number of amides is 3. The second kappa shape index (κ2) is 9.23. The minimum atomic E-state index is -0.959. The molecule has 0 radical (unpaired) electrons. The number of hydrogen-bond donors (Lipinski definition) is 1. The first-order valence-corrected chi connectivity index (χ1v) is 13.6. The highest BCUT2D eigenvalue weighted by Gasteiger charge is 2.59. The van der Waals surface area contributed by atoms with Gasteiger partial charge >= 0.3 is 6.17 Å². The van der Waals surface area contributed by atoms with Crippen molar-refractivity contribution in [1.29, 1.82) is 0 Å². The fraction of sp³-hybridized carbons (Fsp3) is 0.433. The Kier molecular flexibility index (Phi) is 5.94. The molecule has 1 aromatic heterocycles. The van der Waals surface area contributed by atoms with Crippen molar-refractivity contribution >= 4 is 34.3 Å². The number of hydrogen-bond acceptors (Lipinski definition) is 4. The topological polar surface area (TPSA) is 91.9 Å². The summed E-state index contributed by atoms with van der Waals surface area (Å²) < 4.78 is 1.97. The SMILES string of the molecule is [C-]#[N+][C@@H]1C[C@@]2(CN1C(=O)[C@H](CC(C)C)N(C)C(=O)c1ccc3nn(C4CC4)cc3c1)C(=O)Nc1ccccc12. The summed E-state index contributed by atoms with van der Waals surface area (Å²) in [6.07, 6.45) is 4.13. The Labute approximate surface area is 227 Å². The lowest BCUT2D eigenvalue weighted by Gasteiger charge is -2.32. The van der Waals surface area contributed by atoms with Gasteiger partial charge in [-0.05, 0) is 55.0 Å². The van der Waals surface area contributed by atoms with E-state index in [2.05, 4.69) is 15.3 Å². The zero-order valence-corrected chi connectivity index (χ0v) is 22.4. The van der Waals surface area contributed by atoms with Crippen LogP contribution in [-0.2, 0) is 15.0 Å². The number of para-hydroxylation sites is 1. The van der Waals surface area contributed by atoms with E-state index in [-0.39, 0.29) is 36.6 Å². The maximum absolute atomic E-state index is 14.1. The molecule has 6 rings (SSSR count). The monoisotopic (exact) mass is 524 g/mol. The smallest absolute Gasteiger partial charge is 0.302 e. The molecule has 3 aliphatic rings. The van der Waals surface area contributed by atoms with Crippen LogP contribution >= 0.6 is 0 Å². The molecule has 1 saturated heterocycles. The highest BCUT2D eigenvalue weighted by atomic mass is 16.2. The molecule has 1 saturated carbocycles. The summed E-state index contributed by atoms with van der Waals surface area (Å²) >= 11 is 0. The van der Waals surface area contributed by atoms with Crippen LogP contribution in [0.4, 0.5) is 5.69 Å². The molecule has 1 N–H and O–H groups in total. The summed E-state index contributed by atoms with van der Waals surface area (Å²) in [7, 11) is 1.65. The van der Waals surface area contributed by atoms with E-state index < -0.39 is 17.6 Å². The van der Waals surface area contributed by atoms with Crippen molar-refractivity contribution in [3.8, 4) is 0 Å².